The number of benzene rings is 2. The Labute approximate surface area is 189 Å². The normalized spacial score (nSPS) is 15.2. The Morgan fingerprint density at radius 2 is 1.56 bits per heavy atom. The van der Waals surface area contributed by atoms with Crippen LogP contribution in [0.2, 0.25) is 0 Å². The second-order valence-corrected chi connectivity index (χ2v) is 11.3. The molecule has 1 heterocycles. The topological polar surface area (TPSA) is 113 Å². The summed E-state index contributed by atoms with van der Waals surface area (Å²) in [4.78, 5) is 12.7. The number of piperidine rings is 1. The number of rotatable bonds is 8. The molecular weight excluding hydrogens is 454 g/mol. The molecule has 1 aliphatic rings. The summed E-state index contributed by atoms with van der Waals surface area (Å²) in [6.45, 7) is 0.583. The van der Waals surface area contributed by atoms with Crippen LogP contribution < -0.4 is 14.4 Å². The lowest BCUT2D eigenvalue weighted by Gasteiger charge is -2.26. The first-order valence-electron chi connectivity index (χ1n) is 10.1. The molecule has 0 saturated carbocycles. The van der Waals surface area contributed by atoms with Gasteiger partial charge >= 0.3 is 0 Å². The van der Waals surface area contributed by atoms with Crippen molar-refractivity contribution in [2.45, 2.75) is 24.2 Å². The molecule has 3 rings (SSSR count). The van der Waals surface area contributed by atoms with Crippen LogP contribution in [0.4, 0.5) is 11.4 Å². The van der Waals surface area contributed by atoms with E-state index in [2.05, 4.69) is 5.32 Å². The first-order valence-corrected chi connectivity index (χ1v) is 13.4. The molecule has 0 unspecified atom stereocenters. The molecule has 2 aromatic rings. The van der Waals surface area contributed by atoms with E-state index >= 15 is 0 Å². The Morgan fingerprint density at radius 3 is 2.09 bits per heavy atom. The molecule has 0 spiro atoms. The molecule has 9 nitrogen and oxygen atoms in total. The lowest BCUT2D eigenvalue weighted by molar-refractivity contribution is -0.114. The summed E-state index contributed by atoms with van der Waals surface area (Å²) in [5.41, 5.74) is 0.696. The molecule has 1 amide bonds. The van der Waals surface area contributed by atoms with Crippen LogP contribution in [0.5, 0.6) is 5.75 Å². The predicted molar refractivity (Wildman–Crippen MR) is 123 cm³/mol. The van der Waals surface area contributed by atoms with Crippen molar-refractivity contribution >= 4 is 37.3 Å². The van der Waals surface area contributed by atoms with Gasteiger partial charge in [-0.25, -0.2) is 16.8 Å². The van der Waals surface area contributed by atoms with Gasteiger partial charge in [0.1, 0.15) is 12.3 Å². The lowest BCUT2D eigenvalue weighted by Crippen LogP contribution is -2.37. The second-order valence-electron chi connectivity index (χ2n) is 7.50. The van der Waals surface area contributed by atoms with Crippen molar-refractivity contribution in [2.24, 2.45) is 0 Å². The number of hydrogen-bond donors (Lipinski definition) is 1. The fourth-order valence-corrected chi connectivity index (χ4v) is 5.82. The van der Waals surface area contributed by atoms with Gasteiger partial charge in [0.05, 0.1) is 23.9 Å². The van der Waals surface area contributed by atoms with Crippen LogP contribution in [0.3, 0.4) is 0 Å². The van der Waals surface area contributed by atoms with Gasteiger partial charge in [-0.1, -0.05) is 6.42 Å². The van der Waals surface area contributed by atoms with Crippen molar-refractivity contribution in [3.05, 3.63) is 48.5 Å². The minimum atomic E-state index is -3.72. The van der Waals surface area contributed by atoms with E-state index in [-0.39, 0.29) is 4.90 Å². The van der Waals surface area contributed by atoms with Gasteiger partial charge < -0.3 is 10.1 Å². The number of methoxy groups -OCH3 is 1. The Bertz CT molecular complexity index is 1140. The van der Waals surface area contributed by atoms with Gasteiger partial charge in [0.15, 0.2) is 0 Å². The Kier molecular flexibility index (Phi) is 7.42. The quantitative estimate of drug-likeness (QED) is 0.619. The summed E-state index contributed by atoms with van der Waals surface area (Å²) >= 11 is 0. The number of sulfonamides is 2. The van der Waals surface area contributed by atoms with E-state index in [1.165, 1.54) is 35.7 Å². The van der Waals surface area contributed by atoms with E-state index in [1.807, 2.05) is 0 Å². The molecule has 0 atom stereocenters. The molecule has 11 heteroatoms. The van der Waals surface area contributed by atoms with Crippen LogP contribution in [-0.4, -0.2) is 60.0 Å². The Morgan fingerprint density at radius 1 is 0.969 bits per heavy atom. The highest BCUT2D eigenvalue weighted by Crippen LogP contribution is 2.23. The maximum absolute atomic E-state index is 12.7. The van der Waals surface area contributed by atoms with E-state index in [9.17, 15) is 21.6 Å². The molecule has 2 aromatic carbocycles. The standard InChI is InChI=1S/C21H27N3O6S2/c1-30-19-10-8-18(9-11-19)24(31(2,26)27)16-21(25)22-17-6-12-20(13-7-17)32(28,29)23-14-4-3-5-15-23/h6-13H,3-5,14-16H2,1-2H3,(H,22,25). The highest BCUT2D eigenvalue weighted by Gasteiger charge is 2.26. The monoisotopic (exact) mass is 481 g/mol. The zero-order valence-electron chi connectivity index (χ0n) is 18.0. The van der Waals surface area contributed by atoms with Crippen LogP contribution in [-0.2, 0) is 24.8 Å². The molecule has 1 saturated heterocycles. The van der Waals surface area contributed by atoms with Crippen molar-refractivity contribution in [3.8, 4) is 5.75 Å². The maximum Gasteiger partial charge on any atom is 0.245 e. The second kappa shape index (κ2) is 9.88. The van der Waals surface area contributed by atoms with Gasteiger partial charge in [0.25, 0.3) is 0 Å². The number of carbonyl (C=O) groups is 1. The zero-order valence-corrected chi connectivity index (χ0v) is 19.7. The molecule has 0 radical (unpaired) electrons. The third-order valence-corrected chi connectivity index (χ3v) is 8.19. The first-order chi connectivity index (χ1) is 15.1. The number of amides is 1. The van der Waals surface area contributed by atoms with Gasteiger partial charge in [0.2, 0.25) is 26.0 Å². The first kappa shape index (κ1) is 24.0. The van der Waals surface area contributed by atoms with Crippen molar-refractivity contribution in [1.82, 2.24) is 4.31 Å². The highest BCUT2D eigenvalue weighted by molar-refractivity contribution is 7.92. The SMILES string of the molecule is COc1ccc(N(CC(=O)Nc2ccc(S(=O)(=O)N3CCCCC3)cc2)S(C)(=O)=O)cc1. The van der Waals surface area contributed by atoms with E-state index in [0.717, 1.165) is 29.8 Å². The zero-order chi connectivity index (χ0) is 23.4. The number of nitrogens with zero attached hydrogens (tertiary/aromatic N) is 2. The maximum atomic E-state index is 12.7. The van der Waals surface area contributed by atoms with Crippen LogP contribution in [0, 0.1) is 0 Å². The number of anilines is 2. The van der Waals surface area contributed by atoms with Gasteiger partial charge in [0, 0.05) is 18.8 Å². The van der Waals surface area contributed by atoms with Crippen molar-refractivity contribution in [3.63, 3.8) is 0 Å². The average molecular weight is 482 g/mol. The summed E-state index contributed by atoms with van der Waals surface area (Å²) in [5, 5.41) is 2.62. The van der Waals surface area contributed by atoms with Crippen LogP contribution in [0.25, 0.3) is 0 Å². The Hall–Kier alpha value is -2.63. The third kappa shape index (κ3) is 5.78. The van der Waals surface area contributed by atoms with Crippen LogP contribution in [0.15, 0.2) is 53.4 Å². The minimum absolute atomic E-state index is 0.161. The van der Waals surface area contributed by atoms with E-state index in [0.29, 0.717) is 30.2 Å². The Balaban J connectivity index is 1.70. The molecule has 1 fully saturated rings. The number of ether oxygens (including phenoxy) is 1. The molecule has 0 bridgehead atoms. The lowest BCUT2D eigenvalue weighted by atomic mass is 10.2. The van der Waals surface area contributed by atoms with E-state index in [1.54, 1.807) is 24.3 Å². The largest absolute Gasteiger partial charge is 0.497 e. The van der Waals surface area contributed by atoms with E-state index < -0.39 is 32.5 Å². The fraction of sp³-hybridized carbons (Fsp3) is 0.381. The summed E-state index contributed by atoms with van der Waals surface area (Å²) in [6.07, 6.45) is 3.74. The number of hydrogen-bond acceptors (Lipinski definition) is 6. The third-order valence-electron chi connectivity index (χ3n) is 5.14. The van der Waals surface area contributed by atoms with Gasteiger partial charge in [-0.15, -0.1) is 0 Å². The number of nitrogens with one attached hydrogen (secondary N) is 1. The van der Waals surface area contributed by atoms with Crippen LogP contribution >= 0.6 is 0 Å². The van der Waals surface area contributed by atoms with Crippen molar-refractivity contribution in [1.29, 1.82) is 0 Å². The molecule has 0 aliphatic carbocycles. The number of carbonyl (C=O) groups excluding carboxylic acids is 1. The molecular formula is C21H27N3O6S2. The molecule has 0 aromatic heterocycles. The fourth-order valence-electron chi connectivity index (χ4n) is 3.44. The van der Waals surface area contributed by atoms with Crippen molar-refractivity contribution in [2.75, 3.05) is 42.6 Å². The molecule has 32 heavy (non-hydrogen) atoms. The average Bonchev–Trinajstić information content (AvgIpc) is 2.78. The summed E-state index contributed by atoms with van der Waals surface area (Å²) in [5.74, 6) is 0.00382. The molecule has 1 aliphatic heterocycles. The van der Waals surface area contributed by atoms with Crippen molar-refractivity contribution < 1.29 is 26.4 Å². The minimum Gasteiger partial charge on any atom is -0.497 e. The summed E-state index contributed by atoms with van der Waals surface area (Å²) in [7, 11) is -5.78. The highest BCUT2D eigenvalue weighted by atomic mass is 32.2. The molecule has 174 valence electrons. The predicted octanol–water partition coefficient (Wildman–Crippen LogP) is 2.27. The van der Waals surface area contributed by atoms with Crippen LogP contribution in [0.1, 0.15) is 19.3 Å². The van der Waals surface area contributed by atoms with Gasteiger partial charge in [-0.05, 0) is 61.4 Å². The smallest absolute Gasteiger partial charge is 0.245 e. The van der Waals surface area contributed by atoms with Gasteiger partial charge in [-0.3, -0.25) is 9.10 Å². The van der Waals surface area contributed by atoms with Gasteiger partial charge in [-0.2, -0.15) is 4.31 Å². The van der Waals surface area contributed by atoms with E-state index in [4.69, 9.17) is 4.74 Å². The summed E-state index contributed by atoms with van der Waals surface area (Å²) < 4.78 is 57.4. The molecule has 1 N–H and O–H groups in total. The summed E-state index contributed by atoms with van der Waals surface area (Å²) in [6, 6.07) is 12.2.